The molecule has 0 unspecified atom stereocenters. The maximum Gasteiger partial charge on any atom is 0.210 e. The lowest BCUT2D eigenvalue weighted by Gasteiger charge is -2.00. The zero-order chi connectivity index (χ0) is 10.8. The Morgan fingerprint density at radius 2 is 2.13 bits per heavy atom. The van der Waals surface area contributed by atoms with Crippen LogP contribution in [0.2, 0.25) is 10.0 Å². The summed E-state index contributed by atoms with van der Waals surface area (Å²) < 4.78 is 0. The second-order valence-electron chi connectivity index (χ2n) is 2.88. The summed E-state index contributed by atoms with van der Waals surface area (Å²) >= 11 is 11.8. The highest BCUT2D eigenvalue weighted by Crippen LogP contribution is 2.28. The highest BCUT2D eigenvalue weighted by atomic mass is 35.5. The molecule has 0 spiro atoms. The largest absolute Gasteiger partial charge is 0.329 e. The Morgan fingerprint density at radius 3 is 2.73 bits per heavy atom. The second-order valence-corrected chi connectivity index (χ2v) is 3.73. The number of nitrogens with one attached hydrogen (secondary N) is 1. The van der Waals surface area contributed by atoms with Crippen LogP contribution in [0.3, 0.4) is 0 Å². The van der Waals surface area contributed by atoms with E-state index in [9.17, 15) is 0 Å². The van der Waals surface area contributed by atoms with Gasteiger partial charge in [0.25, 0.3) is 0 Å². The van der Waals surface area contributed by atoms with Gasteiger partial charge in [-0.3, -0.25) is 0 Å². The Morgan fingerprint density at radius 1 is 1.33 bits per heavy atom. The van der Waals surface area contributed by atoms with Gasteiger partial charge < -0.3 is 4.98 Å². The molecule has 1 N–H and O–H groups in total. The van der Waals surface area contributed by atoms with E-state index in [1.807, 2.05) is 6.07 Å². The number of H-pyrrole nitrogens is 1. The molecule has 0 radical (unpaired) electrons. The van der Waals surface area contributed by atoms with Gasteiger partial charge in [-0.1, -0.05) is 23.2 Å². The Balaban J connectivity index is 2.50. The van der Waals surface area contributed by atoms with E-state index in [0.717, 1.165) is 5.56 Å². The first kappa shape index (κ1) is 10.0. The number of aromatic amines is 1. The van der Waals surface area contributed by atoms with Gasteiger partial charge in [0.05, 0.1) is 16.9 Å². The van der Waals surface area contributed by atoms with Crippen LogP contribution in [-0.4, -0.2) is 9.97 Å². The van der Waals surface area contributed by atoms with E-state index in [2.05, 4.69) is 9.97 Å². The molecule has 74 valence electrons. The van der Waals surface area contributed by atoms with Crippen LogP contribution in [-0.2, 0) is 0 Å². The molecule has 1 aromatic heterocycles. The topological polar surface area (TPSA) is 52.5 Å². The van der Waals surface area contributed by atoms with Crippen molar-refractivity contribution in [1.82, 2.24) is 9.97 Å². The van der Waals surface area contributed by atoms with E-state index in [0.29, 0.717) is 15.7 Å². The highest BCUT2D eigenvalue weighted by Gasteiger charge is 2.07. The standard InChI is InChI=1S/C10H5Cl2N3/c11-6-1-2-7(8(12)3-6)9-5-14-10(4-13)15-9/h1-3,5H,(H,14,15). The Labute approximate surface area is 96.3 Å². The summed E-state index contributed by atoms with van der Waals surface area (Å²) in [5.41, 5.74) is 1.48. The quantitative estimate of drug-likeness (QED) is 0.828. The fourth-order valence-electron chi connectivity index (χ4n) is 1.22. The van der Waals surface area contributed by atoms with Crippen LogP contribution in [0.25, 0.3) is 11.3 Å². The van der Waals surface area contributed by atoms with E-state index in [4.69, 9.17) is 28.5 Å². The van der Waals surface area contributed by atoms with Crippen LogP contribution in [0.5, 0.6) is 0 Å². The molecule has 1 heterocycles. The SMILES string of the molecule is N#Cc1ncc(-c2ccc(Cl)cc2Cl)[nH]1. The summed E-state index contributed by atoms with van der Waals surface area (Å²) in [7, 11) is 0. The number of hydrogen-bond acceptors (Lipinski definition) is 2. The van der Waals surface area contributed by atoms with Crippen molar-refractivity contribution in [1.29, 1.82) is 5.26 Å². The molecule has 1 aromatic carbocycles. The molecule has 0 fully saturated rings. The Bertz CT molecular complexity index is 540. The molecule has 0 aliphatic carbocycles. The average molecular weight is 238 g/mol. The maximum atomic E-state index is 8.61. The van der Waals surface area contributed by atoms with E-state index in [-0.39, 0.29) is 5.82 Å². The van der Waals surface area contributed by atoms with Gasteiger partial charge in [-0.25, -0.2) is 4.98 Å². The van der Waals surface area contributed by atoms with Crippen molar-refractivity contribution in [2.24, 2.45) is 0 Å². The van der Waals surface area contributed by atoms with Crippen molar-refractivity contribution in [2.45, 2.75) is 0 Å². The van der Waals surface area contributed by atoms with Gasteiger partial charge in [0.1, 0.15) is 6.07 Å². The van der Waals surface area contributed by atoms with Crippen LogP contribution in [0.4, 0.5) is 0 Å². The summed E-state index contributed by atoms with van der Waals surface area (Å²) in [6.45, 7) is 0. The van der Waals surface area contributed by atoms with Crippen molar-refractivity contribution in [3.63, 3.8) is 0 Å². The number of hydrogen-bond donors (Lipinski definition) is 1. The monoisotopic (exact) mass is 237 g/mol. The van der Waals surface area contributed by atoms with Crippen LogP contribution in [0.1, 0.15) is 5.82 Å². The van der Waals surface area contributed by atoms with Gasteiger partial charge in [-0.05, 0) is 18.2 Å². The normalized spacial score (nSPS) is 9.93. The number of halogens is 2. The van der Waals surface area contributed by atoms with Gasteiger partial charge in [-0.2, -0.15) is 5.26 Å². The number of benzene rings is 1. The molecular weight excluding hydrogens is 233 g/mol. The predicted molar refractivity (Wildman–Crippen MR) is 58.8 cm³/mol. The Hall–Kier alpha value is -1.50. The van der Waals surface area contributed by atoms with Crippen molar-refractivity contribution in [2.75, 3.05) is 0 Å². The molecule has 15 heavy (non-hydrogen) atoms. The summed E-state index contributed by atoms with van der Waals surface area (Å²) in [5.74, 6) is 0.260. The van der Waals surface area contributed by atoms with E-state index >= 15 is 0 Å². The lowest BCUT2D eigenvalue weighted by atomic mass is 10.2. The lowest BCUT2D eigenvalue weighted by molar-refractivity contribution is 1.23. The van der Waals surface area contributed by atoms with E-state index < -0.39 is 0 Å². The molecule has 0 atom stereocenters. The summed E-state index contributed by atoms with van der Waals surface area (Å²) in [6, 6.07) is 7.07. The molecule has 0 aliphatic rings. The van der Waals surface area contributed by atoms with Gasteiger partial charge >= 0.3 is 0 Å². The zero-order valence-corrected chi connectivity index (χ0v) is 8.97. The molecule has 0 amide bonds. The molecule has 5 heteroatoms. The van der Waals surface area contributed by atoms with Gasteiger partial charge in [0.2, 0.25) is 5.82 Å². The third-order valence-electron chi connectivity index (χ3n) is 1.90. The zero-order valence-electron chi connectivity index (χ0n) is 7.46. The molecule has 3 nitrogen and oxygen atoms in total. The minimum Gasteiger partial charge on any atom is -0.329 e. The number of nitrogens with zero attached hydrogens (tertiary/aromatic N) is 2. The van der Waals surface area contributed by atoms with Gasteiger partial charge in [-0.15, -0.1) is 0 Å². The second kappa shape index (κ2) is 3.93. The fourth-order valence-corrected chi connectivity index (χ4v) is 1.73. The van der Waals surface area contributed by atoms with Crippen molar-refractivity contribution in [3.8, 4) is 17.3 Å². The molecule has 2 rings (SSSR count). The molecule has 0 saturated heterocycles. The Kier molecular flexibility index (Phi) is 2.63. The maximum absolute atomic E-state index is 8.61. The number of imidazole rings is 1. The predicted octanol–water partition coefficient (Wildman–Crippen LogP) is 3.26. The van der Waals surface area contributed by atoms with Crippen molar-refractivity contribution >= 4 is 23.2 Å². The number of rotatable bonds is 1. The van der Waals surface area contributed by atoms with Gasteiger partial charge in [0, 0.05) is 10.6 Å². The molecule has 2 aromatic rings. The van der Waals surface area contributed by atoms with Crippen LogP contribution >= 0.6 is 23.2 Å². The first-order valence-electron chi connectivity index (χ1n) is 4.11. The summed E-state index contributed by atoms with van der Waals surface area (Å²) in [5, 5.41) is 9.71. The first-order valence-corrected chi connectivity index (χ1v) is 4.87. The number of nitriles is 1. The lowest BCUT2D eigenvalue weighted by Crippen LogP contribution is -1.80. The summed E-state index contributed by atoms with van der Waals surface area (Å²) in [4.78, 5) is 6.71. The summed E-state index contributed by atoms with van der Waals surface area (Å²) in [6.07, 6.45) is 1.56. The van der Waals surface area contributed by atoms with Crippen LogP contribution in [0.15, 0.2) is 24.4 Å². The fraction of sp³-hybridized carbons (Fsp3) is 0. The van der Waals surface area contributed by atoms with E-state index in [1.165, 1.54) is 0 Å². The van der Waals surface area contributed by atoms with E-state index in [1.54, 1.807) is 24.4 Å². The van der Waals surface area contributed by atoms with Gasteiger partial charge in [0.15, 0.2) is 0 Å². The minimum atomic E-state index is 0.260. The molecule has 0 bridgehead atoms. The molecular formula is C10H5Cl2N3. The smallest absolute Gasteiger partial charge is 0.210 e. The molecule has 0 saturated carbocycles. The van der Waals surface area contributed by atoms with Crippen LogP contribution in [0, 0.1) is 11.3 Å². The van der Waals surface area contributed by atoms with Crippen LogP contribution < -0.4 is 0 Å². The number of aromatic nitrogens is 2. The third-order valence-corrected chi connectivity index (χ3v) is 2.45. The van der Waals surface area contributed by atoms with Crippen molar-refractivity contribution in [3.05, 3.63) is 40.3 Å². The highest BCUT2D eigenvalue weighted by molar-refractivity contribution is 6.36. The minimum absolute atomic E-state index is 0.260. The average Bonchev–Trinajstić information content (AvgIpc) is 2.66. The third kappa shape index (κ3) is 1.96. The molecule has 0 aliphatic heterocycles. The first-order chi connectivity index (χ1) is 7.20. The van der Waals surface area contributed by atoms with Crippen molar-refractivity contribution < 1.29 is 0 Å².